The van der Waals surface area contributed by atoms with Gasteiger partial charge in [0.1, 0.15) is 18.1 Å². The van der Waals surface area contributed by atoms with Gasteiger partial charge in [0.2, 0.25) is 5.91 Å². The maximum Gasteiger partial charge on any atom is 0.274 e. The number of carbonyl (C=O) groups excluding carboxylic acids is 2. The number of H-pyrrole nitrogens is 1. The number of ether oxygens (including phenoxy) is 1. The summed E-state index contributed by atoms with van der Waals surface area (Å²) in [6, 6.07) is 10.9. The number of rotatable bonds is 3. The van der Waals surface area contributed by atoms with E-state index in [4.69, 9.17) is 4.74 Å². The Hall–Kier alpha value is -3.16. The lowest BCUT2D eigenvalue weighted by atomic mass is 9.73. The van der Waals surface area contributed by atoms with Crippen LogP contribution in [0.4, 0.5) is 0 Å². The number of para-hydroxylation sites is 1. The molecular formula is C27H36N4O4. The van der Waals surface area contributed by atoms with Crippen LogP contribution in [0.5, 0.6) is 5.75 Å². The Morgan fingerprint density at radius 1 is 1.11 bits per heavy atom. The Morgan fingerprint density at radius 3 is 2.60 bits per heavy atom. The fourth-order valence-corrected chi connectivity index (χ4v) is 5.25. The van der Waals surface area contributed by atoms with Crippen molar-refractivity contribution < 1.29 is 14.3 Å². The first-order chi connectivity index (χ1) is 16.9. The Bertz CT molecular complexity index is 1070. The van der Waals surface area contributed by atoms with E-state index in [-0.39, 0.29) is 29.1 Å². The number of likely N-dealkylation sites (tertiary alicyclic amines) is 1. The highest BCUT2D eigenvalue weighted by Gasteiger charge is 2.42. The number of benzene rings is 1. The second-order valence-corrected chi connectivity index (χ2v) is 10.3. The van der Waals surface area contributed by atoms with Crippen molar-refractivity contribution in [2.45, 2.75) is 64.8 Å². The van der Waals surface area contributed by atoms with Gasteiger partial charge in [-0.15, -0.1) is 0 Å². The summed E-state index contributed by atoms with van der Waals surface area (Å²) >= 11 is 0. The first kappa shape index (κ1) is 24.9. The van der Waals surface area contributed by atoms with Crippen LogP contribution in [0.25, 0.3) is 0 Å². The zero-order valence-electron chi connectivity index (χ0n) is 20.7. The van der Waals surface area contributed by atoms with Crippen LogP contribution in [0.3, 0.4) is 0 Å². The highest BCUT2D eigenvalue weighted by atomic mass is 16.5. The van der Waals surface area contributed by atoms with Gasteiger partial charge in [-0.2, -0.15) is 5.10 Å². The highest BCUT2D eigenvalue weighted by molar-refractivity contribution is 5.92. The van der Waals surface area contributed by atoms with Gasteiger partial charge in [0, 0.05) is 19.2 Å². The van der Waals surface area contributed by atoms with E-state index in [1.807, 2.05) is 18.2 Å². The third-order valence-corrected chi connectivity index (χ3v) is 7.24. The van der Waals surface area contributed by atoms with Crippen LogP contribution in [0, 0.1) is 11.3 Å². The van der Waals surface area contributed by atoms with Crippen LogP contribution in [-0.4, -0.2) is 52.6 Å². The Labute approximate surface area is 206 Å². The van der Waals surface area contributed by atoms with Gasteiger partial charge in [0.15, 0.2) is 0 Å². The number of aromatic nitrogens is 2. The van der Waals surface area contributed by atoms with E-state index in [1.165, 1.54) is 17.7 Å². The van der Waals surface area contributed by atoms with Gasteiger partial charge in [-0.1, -0.05) is 38.5 Å². The average Bonchev–Trinajstić information content (AvgIpc) is 2.85. The monoisotopic (exact) mass is 480 g/mol. The lowest BCUT2D eigenvalue weighted by molar-refractivity contribution is -0.135. The smallest absolute Gasteiger partial charge is 0.274 e. The SMILES string of the molecule is CC(C)C[C@H]1COc2ccccc2CCCCC2(CCN(C(=O)c3ccc(=O)[nH]n3)CC2)C(=O)N1. The van der Waals surface area contributed by atoms with Crippen molar-refractivity contribution in [3.63, 3.8) is 0 Å². The van der Waals surface area contributed by atoms with Crippen LogP contribution in [-0.2, 0) is 11.2 Å². The van der Waals surface area contributed by atoms with Gasteiger partial charge in [-0.25, -0.2) is 5.10 Å². The van der Waals surface area contributed by atoms with E-state index in [2.05, 4.69) is 35.4 Å². The van der Waals surface area contributed by atoms with Crippen molar-refractivity contribution in [3.05, 3.63) is 58.0 Å². The molecule has 1 spiro atoms. The normalized spacial score (nSPS) is 20.8. The first-order valence-electron chi connectivity index (χ1n) is 12.7. The maximum absolute atomic E-state index is 13.7. The minimum absolute atomic E-state index is 0.0723. The van der Waals surface area contributed by atoms with Crippen molar-refractivity contribution in [2.24, 2.45) is 11.3 Å². The van der Waals surface area contributed by atoms with Crippen LogP contribution in [0.15, 0.2) is 41.2 Å². The van der Waals surface area contributed by atoms with Crippen LogP contribution in [0.2, 0.25) is 0 Å². The molecule has 1 fully saturated rings. The molecule has 4 rings (SSSR count). The molecule has 0 radical (unpaired) electrons. The summed E-state index contributed by atoms with van der Waals surface area (Å²) in [6.07, 6.45) is 5.70. The number of piperidine rings is 1. The molecule has 1 atom stereocenters. The molecule has 188 valence electrons. The largest absolute Gasteiger partial charge is 0.491 e. The van der Waals surface area contributed by atoms with Crippen LogP contribution < -0.4 is 15.6 Å². The van der Waals surface area contributed by atoms with E-state index >= 15 is 0 Å². The third kappa shape index (κ3) is 6.10. The molecule has 2 aromatic rings. The Morgan fingerprint density at radius 2 is 1.89 bits per heavy atom. The molecule has 35 heavy (non-hydrogen) atoms. The minimum Gasteiger partial charge on any atom is -0.491 e. The number of nitrogens with one attached hydrogen (secondary N) is 2. The van der Waals surface area contributed by atoms with Crippen LogP contribution in [0.1, 0.15) is 68.4 Å². The summed E-state index contributed by atoms with van der Waals surface area (Å²) < 4.78 is 6.20. The van der Waals surface area contributed by atoms with Crippen molar-refractivity contribution in [3.8, 4) is 5.75 Å². The van der Waals surface area contributed by atoms with Crippen molar-refractivity contribution in [1.29, 1.82) is 0 Å². The molecule has 1 aromatic heterocycles. The predicted octanol–water partition coefficient (Wildman–Crippen LogP) is 3.33. The highest BCUT2D eigenvalue weighted by Crippen LogP contribution is 2.38. The molecule has 1 saturated heterocycles. The molecule has 0 saturated carbocycles. The van der Waals surface area contributed by atoms with Crippen molar-refractivity contribution in [1.82, 2.24) is 20.4 Å². The molecule has 2 aliphatic heterocycles. The van der Waals surface area contributed by atoms with Crippen molar-refractivity contribution >= 4 is 11.8 Å². The summed E-state index contributed by atoms with van der Waals surface area (Å²) in [6.45, 7) is 5.73. The van der Waals surface area contributed by atoms with Crippen LogP contribution >= 0.6 is 0 Å². The number of amides is 2. The molecule has 0 aliphatic carbocycles. The van der Waals surface area contributed by atoms with Gasteiger partial charge in [0.05, 0.1) is 11.5 Å². The van der Waals surface area contributed by atoms with E-state index < -0.39 is 5.41 Å². The molecule has 0 unspecified atom stereocenters. The predicted molar refractivity (Wildman–Crippen MR) is 133 cm³/mol. The minimum atomic E-state index is -0.497. The quantitative estimate of drug-likeness (QED) is 0.701. The van der Waals surface area contributed by atoms with Gasteiger partial charge in [-0.05, 0) is 62.1 Å². The topological polar surface area (TPSA) is 104 Å². The van der Waals surface area contributed by atoms with Crippen molar-refractivity contribution in [2.75, 3.05) is 19.7 Å². The molecule has 2 aliphatic rings. The second-order valence-electron chi connectivity index (χ2n) is 10.3. The molecule has 1 aromatic carbocycles. The zero-order valence-corrected chi connectivity index (χ0v) is 20.7. The van der Waals surface area contributed by atoms with Gasteiger partial charge < -0.3 is 15.0 Å². The number of nitrogens with zero attached hydrogens (tertiary/aromatic N) is 2. The Kier molecular flexibility index (Phi) is 7.88. The number of aryl methyl sites for hydroxylation is 1. The zero-order chi connectivity index (χ0) is 24.8. The fourth-order valence-electron chi connectivity index (χ4n) is 5.25. The van der Waals surface area contributed by atoms with Gasteiger partial charge in [-0.3, -0.25) is 14.4 Å². The lowest BCUT2D eigenvalue weighted by Gasteiger charge is -2.41. The van der Waals surface area contributed by atoms with E-state index in [9.17, 15) is 14.4 Å². The summed E-state index contributed by atoms with van der Waals surface area (Å²) in [5, 5.41) is 9.52. The summed E-state index contributed by atoms with van der Waals surface area (Å²) in [5.41, 5.74) is 0.594. The fraction of sp³-hybridized carbons (Fsp3) is 0.556. The average molecular weight is 481 g/mol. The molecule has 2 N–H and O–H groups in total. The molecule has 0 bridgehead atoms. The van der Waals surface area contributed by atoms with E-state index in [0.717, 1.165) is 37.9 Å². The van der Waals surface area contributed by atoms with Gasteiger partial charge >= 0.3 is 0 Å². The van der Waals surface area contributed by atoms with Gasteiger partial charge in [0.25, 0.3) is 11.5 Å². The summed E-state index contributed by atoms with van der Waals surface area (Å²) in [7, 11) is 0. The molecular weight excluding hydrogens is 444 g/mol. The Balaban J connectivity index is 1.50. The number of fused-ring (bicyclic) bond motifs is 1. The van der Waals surface area contributed by atoms with E-state index in [1.54, 1.807) is 4.90 Å². The molecule has 8 heteroatoms. The summed E-state index contributed by atoms with van der Waals surface area (Å²) in [5.74, 6) is 1.20. The molecule has 8 nitrogen and oxygen atoms in total. The number of hydrogen-bond acceptors (Lipinski definition) is 5. The first-order valence-corrected chi connectivity index (χ1v) is 12.7. The standard InChI is InChI=1S/C27H36N4O4/c1-19(2)17-21-18-35-23-9-4-3-7-20(23)8-5-6-12-27(26(34)28-21)13-15-31(16-14-27)25(33)22-10-11-24(32)30-29-22/h3-4,7,9-11,19,21H,5-6,8,12-18H2,1-2H3,(H,28,34)(H,30,32)/t21-/m0/s1. The van der Waals surface area contributed by atoms with E-state index in [0.29, 0.717) is 38.5 Å². The number of hydrogen-bond donors (Lipinski definition) is 2. The maximum atomic E-state index is 13.7. The third-order valence-electron chi connectivity index (χ3n) is 7.24. The number of carbonyl (C=O) groups is 2. The lowest BCUT2D eigenvalue weighted by Crippen LogP contribution is -2.53. The molecule has 3 heterocycles. The second kappa shape index (κ2) is 11.1. The number of aromatic amines is 1. The molecule has 2 amide bonds. The summed E-state index contributed by atoms with van der Waals surface area (Å²) in [4.78, 5) is 39.6.